The Morgan fingerprint density at radius 3 is 2.04 bits per heavy atom. The molecule has 1 aliphatic rings. The van der Waals surface area contributed by atoms with E-state index in [-0.39, 0.29) is 0 Å². The number of ether oxygens (including phenoxy) is 4. The van der Waals surface area contributed by atoms with Crippen LogP contribution in [0.3, 0.4) is 0 Å². The number of benzene rings is 2. The quantitative estimate of drug-likeness (QED) is 0.604. The van der Waals surface area contributed by atoms with Gasteiger partial charge in [-0.25, -0.2) is 0 Å². The predicted octanol–water partition coefficient (Wildman–Crippen LogP) is 5.65. The molecule has 0 radical (unpaired) electrons. The molecule has 138 valence electrons. The van der Waals surface area contributed by atoms with Gasteiger partial charge in [-0.05, 0) is 48.0 Å². The molecule has 0 aliphatic carbocycles. The second-order valence-electron chi connectivity index (χ2n) is 5.61. The monoisotopic (exact) mass is 414 g/mol. The first-order valence-corrected chi connectivity index (χ1v) is 8.86. The van der Waals surface area contributed by atoms with Gasteiger partial charge in [0.15, 0.2) is 17.6 Å². The number of fused-ring (bicyclic) bond motifs is 1. The molecule has 0 spiro atoms. The molecule has 0 bridgehead atoms. The number of halogens is 3. The van der Waals surface area contributed by atoms with Crippen LogP contribution in [-0.4, -0.2) is 25.1 Å². The molecular formula is C19H17Cl3O4. The zero-order chi connectivity index (χ0) is 18.9. The molecule has 1 unspecified atom stereocenters. The Labute approximate surface area is 167 Å². The minimum absolute atomic E-state index is 0.537. The lowest BCUT2D eigenvalue weighted by Crippen LogP contribution is -2.23. The SMILES string of the molecule is COc1ccc(C2=Cc3cc(OC)c(OC)cc3C(C(Cl)(Cl)Cl)O2)cc1. The summed E-state index contributed by atoms with van der Waals surface area (Å²) in [6.45, 7) is 0. The van der Waals surface area contributed by atoms with Crippen molar-refractivity contribution < 1.29 is 18.9 Å². The van der Waals surface area contributed by atoms with Gasteiger partial charge in [-0.1, -0.05) is 34.8 Å². The summed E-state index contributed by atoms with van der Waals surface area (Å²) in [7, 11) is 4.74. The maximum Gasteiger partial charge on any atom is 0.231 e. The highest BCUT2D eigenvalue weighted by Gasteiger charge is 2.40. The Balaban J connectivity index is 2.13. The number of hydrogen-bond donors (Lipinski definition) is 0. The summed E-state index contributed by atoms with van der Waals surface area (Å²) in [5.41, 5.74) is 2.38. The zero-order valence-corrected chi connectivity index (χ0v) is 16.7. The van der Waals surface area contributed by atoms with E-state index >= 15 is 0 Å². The first-order valence-electron chi connectivity index (χ1n) is 7.72. The fourth-order valence-corrected chi connectivity index (χ4v) is 3.26. The first kappa shape index (κ1) is 19.0. The molecule has 0 amide bonds. The average Bonchev–Trinajstić information content (AvgIpc) is 2.65. The lowest BCUT2D eigenvalue weighted by atomic mass is 9.97. The summed E-state index contributed by atoms with van der Waals surface area (Å²) < 4.78 is 20.3. The second-order valence-corrected chi connectivity index (χ2v) is 7.98. The van der Waals surface area contributed by atoms with Crippen molar-refractivity contribution in [2.45, 2.75) is 9.90 Å². The highest BCUT2D eigenvalue weighted by molar-refractivity contribution is 6.68. The Morgan fingerprint density at radius 1 is 0.885 bits per heavy atom. The van der Waals surface area contributed by atoms with Crippen molar-refractivity contribution in [3.8, 4) is 17.2 Å². The van der Waals surface area contributed by atoms with Crippen molar-refractivity contribution in [2.24, 2.45) is 0 Å². The van der Waals surface area contributed by atoms with E-state index in [1.165, 1.54) is 0 Å². The minimum atomic E-state index is -1.67. The van der Waals surface area contributed by atoms with Gasteiger partial charge in [0, 0.05) is 11.1 Å². The van der Waals surface area contributed by atoms with E-state index in [4.69, 9.17) is 53.8 Å². The van der Waals surface area contributed by atoms with E-state index in [1.54, 1.807) is 27.4 Å². The summed E-state index contributed by atoms with van der Waals surface area (Å²) in [4.78, 5) is 0. The Kier molecular flexibility index (Phi) is 5.47. The molecule has 4 nitrogen and oxygen atoms in total. The van der Waals surface area contributed by atoms with Gasteiger partial charge in [0.2, 0.25) is 3.79 Å². The van der Waals surface area contributed by atoms with Crippen LogP contribution in [0, 0.1) is 0 Å². The third-order valence-corrected chi connectivity index (χ3v) is 4.67. The van der Waals surface area contributed by atoms with Crippen LogP contribution in [0.1, 0.15) is 22.8 Å². The van der Waals surface area contributed by atoms with Crippen molar-refractivity contribution in [3.63, 3.8) is 0 Å². The maximum absolute atomic E-state index is 6.20. The van der Waals surface area contributed by atoms with E-state index in [9.17, 15) is 0 Å². The summed E-state index contributed by atoms with van der Waals surface area (Å²) in [5, 5.41) is 0. The predicted molar refractivity (Wildman–Crippen MR) is 105 cm³/mol. The van der Waals surface area contributed by atoms with Crippen LogP contribution in [0.5, 0.6) is 17.2 Å². The summed E-state index contributed by atoms with van der Waals surface area (Å²) in [6, 6.07) is 11.0. The first-order chi connectivity index (χ1) is 12.4. The molecular weight excluding hydrogens is 399 g/mol. The molecule has 3 rings (SSSR count). The largest absolute Gasteiger partial charge is 0.497 e. The number of rotatable bonds is 4. The fourth-order valence-electron chi connectivity index (χ4n) is 2.78. The Hall–Kier alpha value is -1.75. The standard InChI is InChI=1S/C19H17Cl3O4/c1-23-13-6-4-11(5-7-13)15-8-12-9-16(24-2)17(25-3)10-14(12)18(26-15)19(20,21)22/h4-10,18H,1-3H3. The Bertz CT molecular complexity index is 826. The lowest BCUT2D eigenvalue weighted by molar-refractivity contribution is 0.170. The maximum atomic E-state index is 6.20. The van der Waals surface area contributed by atoms with E-state index in [0.29, 0.717) is 22.8 Å². The number of hydrogen-bond acceptors (Lipinski definition) is 4. The molecule has 1 heterocycles. The van der Waals surface area contributed by atoms with Gasteiger partial charge in [-0.2, -0.15) is 0 Å². The molecule has 0 fully saturated rings. The van der Waals surface area contributed by atoms with Crippen LogP contribution in [0.15, 0.2) is 36.4 Å². The molecule has 2 aromatic rings. The second kappa shape index (κ2) is 7.47. The van der Waals surface area contributed by atoms with Crippen LogP contribution >= 0.6 is 34.8 Å². The van der Waals surface area contributed by atoms with Gasteiger partial charge in [-0.15, -0.1) is 0 Å². The van der Waals surface area contributed by atoms with Crippen molar-refractivity contribution >= 4 is 46.6 Å². The Morgan fingerprint density at radius 2 is 1.50 bits per heavy atom. The van der Waals surface area contributed by atoms with Gasteiger partial charge in [0.1, 0.15) is 11.5 Å². The van der Waals surface area contributed by atoms with Crippen molar-refractivity contribution in [2.75, 3.05) is 21.3 Å². The lowest BCUT2D eigenvalue weighted by Gasteiger charge is -2.32. The van der Waals surface area contributed by atoms with Crippen molar-refractivity contribution in [1.29, 1.82) is 0 Å². The van der Waals surface area contributed by atoms with Crippen LogP contribution in [0.2, 0.25) is 0 Å². The zero-order valence-electron chi connectivity index (χ0n) is 14.4. The highest BCUT2D eigenvalue weighted by Crippen LogP contribution is 2.50. The van der Waals surface area contributed by atoms with E-state index in [2.05, 4.69) is 0 Å². The summed E-state index contributed by atoms with van der Waals surface area (Å²) >= 11 is 18.6. The molecule has 0 saturated carbocycles. The van der Waals surface area contributed by atoms with Gasteiger partial charge in [0.05, 0.1) is 21.3 Å². The molecule has 0 saturated heterocycles. The van der Waals surface area contributed by atoms with E-state index < -0.39 is 9.90 Å². The summed E-state index contributed by atoms with van der Waals surface area (Å²) in [6.07, 6.45) is 1.08. The molecule has 0 N–H and O–H groups in total. The van der Waals surface area contributed by atoms with Crippen molar-refractivity contribution in [1.82, 2.24) is 0 Å². The average molecular weight is 416 g/mol. The van der Waals surface area contributed by atoms with E-state index in [0.717, 1.165) is 16.9 Å². The minimum Gasteiger partial charge on any atom is -0.497 e. The summed E-state index contributed by atoms with van der Waals surface area (Å²) in [5.74, 6) is 2.45. The molecule has 1 atom stereocenters. The normalized spacial score (nSPS) is 16.2. The van der Waals surface area contributed by atoms with E-state index in [1.807, 2.05) is 36.4 Å². The molecule has 1 aliphatic heterocycles. The molecule has 0 aromatic heterocycles. The van der Waals surface area contributed by atoms with Crippen LogP contribution in [0.4, 0.5) is 0 Å². The molecule has 26 heavy (non-hydrogen) atoms. The fraction of sp³-hybridized carbons (Fsp3) is 0.263. The third kappa shape index (κ3) is 3.68. The van der Waals surface area contributed by atoms with Crippen LogP contribution < -0.4 is 14.2 Å². The number of alkyl halides is 3. The van der Waals surface area contributed by atoms with Crippen molar-refractivity contribution in [3.05, 3.63) is 53.1 Å². The molecule has 2 aromatic carbocycles. The van der Waals surface area contributed by atoms with Crippen LogP contribution in [0.25, 0.3) is 11.8 Å². The highest BCUT2D eigenvalue weighted by atomic mass is 35.6. The van der Waals surface area contributed by atoms with Gasteiger partial charge in [0.25, 0.3) is 0 Å². The third-order valence-electron chi connectivity index (χ3n) is 4.07. The van der Waals surface area contributed by atoms with Gasteiger partial charge < -0.3 is 18.9 Å². The molecule has 7 heteroatoms. The van der Waals surface area contributed by atoms with Gasteiger partial charge >= 0.3 is 0 Å². The number of methoxy groups -OCH3 is 3. The van der Waals surface area contributed by atoms with Gasteiger partial charge in [-0.3, -0.25) is 0 Å². The smallest absolute Gasteiger partial charge is 0.231 e. The topological polar surface area (TPSA) is 36.9 Å². The van der Waals surface area contributed by atoms with Crippen LogP contribution in [-0.2, 0) is 4.74 Å².